The topological polar surface area (TPSA) is 92.1 Å². The maximum absolute atomic E-state index is 12.2. The molecule has 0 unspecified atom stereocenters. The molecule has 0 saturated heterocycles. The van der Waals surface area contributed by atoms with Gasteiger partial charge in [-0.15, -0.1) is 0 Å². The fourth-order valence-corrected chi connectivity index (χ4v) is 2.43. The van der Waals surface area contributed by atoms with Gasteiger partial charge in [0.15, 0.2) is 0 Å². The third kappa shape index (κ3) is 2.88. The van der Waals surface area contributed by atoms with Crippen molar-refractivity contribution in [1.29, 1.82) is 0 Å². The van der Waals surface area contributed by atoms with E-state index in [4.69, 9.17) is 0 Å². The van der Waals surface area contributed by atoms with Crippen molar-refractivity contribution in [3.8, 4) is 0 Å². The number of benzene rings is 1. The Morgan fingerprint density at radius 3 is 3.14 bits per heavy atom. The van der Waals surface area contributed by atoms with E-state index in [9.17, 15) is 14.9 Å². The highest BCUT2D eigenvalue weighted by atomic mass is 16.6. The summed E-state index contributed by atoms with van der Waals surface area (Å²) >= 11 is 0. The van der Waals surface area contributed by atoms with Gasteiger partial charge in [-0.05, 0) is 11.6 Å². The Morgan fingerprint density at radius 1 is 1.45 bits per heavy atom. The summed E-state index contributed by atoms with van der Waals surface area (Å²) in [6, 6.07) is 6.18. The van der Waals surface area contributed by atoms with E-state index in [-0.39, 0.29) is 11.6 Å². The number of rotatable bonds is 3. The lowest BCUT2D eigenvalue weighted by atomic mass is 10.1. The molecule has 1 amide bonds. The van der Waals surface area contributed by atoms with Gasteiger partial charge in [0.1, 0.15) is 0 Å². The minimum absolute atomic E-state index is 0.00982. The Kier molecular flexibility index (Phi) is 3.69. The van der Waals surface area contributed by atoms with Crippen molar-refractivity contribution in [1.82, 2.24) is 15.1 Å². The molecule has 1 aliphatic heterocycles. The molecule has 0 spiro atoms. The fourth-order valence-electron chi connectivity index (χ4n) is 2.43. The van der Waals surface area contributed by atoms with Crippen LogP contribution in [-0.4, -0.2) is 32.5 Å². The zero-order chi connectivity index (χ0) is 15.5. The SMILES string of the molecule is O=C(C=Cc1cccc([N+](=O)[O-])c1)N1CCc2[nH]ncc2C1. The van der Waals surface area contributed by atoms with E-state index in [2.05, 4.69) is 10.2 Å². The summed E-state index contributed by atoms with van der Waals surface area (Å²) in [4.78, 5) is 24.2. The van der Waals surface area contributed by atoms with E-state index >= 15 is 0 Å². The first-order valence-corrected chi connectivity index (χ1v) is 6.86. The number of amides is 1. The highest BCUT2D eigenvalue weighted by molar-refractivity contribution is 5.92. The van der Waals surface area contributed by atoms with E-state index in [0.29, 0.717) is 18.7 Å². The highest BCUT2D eigenvalue weighted by Crippen LogP contribution is 2.17. The van der Waals surface area contributed by atoms with Crippen molar-refractivity contribution in [3.05, 3.63) is 63.5 Å². The van der Waals surface area contributed by atoms with Crippen LogP contribution in [0.15, 0.2) is 36.5 Å². The summed E-state index contributed by atoms with van der Waals surface area (Å²) in [5.74, 6) is -0.113. The monoisotopic (exact) mass is 298 g/mol. The number of hydrogen-bond donors (Lipinski definition) is 1. The molecular weight excluding hydrogens is 284 g/mol. The van der Waals surface area contributed by atoms with Crippen LogP contribution in [0, 0.1) is 10.1 Å². The number of hydrogen-bond acceptors (Lipinski definition) is 4. The summed E-state index contributed by atoms with van der Waals surface area (Å²) < 4.78 is 0. The minimum Gasteiger partial charge on any atom is -0.334 e. The van der Waals surface area contributed by atoms with Gasteiger partial charge in [0.25, 0.3) is 5.69 Å². The Hall–Kier alpha value is -2.96. The molecular formula is C15H14N4O3. The number of nitro groups is 1. The van der Waals surface area contributed by atoms with Crippen LogP contribution in [-0.2, 0) is 17.8 Å². The van der Waals surface area contributed by atoms with Crippen molar-refractivity contribution in [2.24, 2.45) is 0 Å². The van der Waals surface area contributed by atoms with Gasteiger partial charge in [-0.2, -0.15) is 5.10 Å². The summed E-state index contributed by atoms with van der Waals surface area (Å²) in [6.07, 6.45) is 5.54. The molecule has 3 rings (SSSR count). The van der Waals surface area contributed by atoms with Crippen molar-refractivity contribution < 1.29 is 9.72 Å². The number of nitrogens with zero attached hydrogens (tertiary/aromatic N) is 3. The average molecular weight is 298 g/mol. The number of aromatic nitrogens is 2. The van der Waals surface area contributed by atoms with Gasteiger partial charge in [0.2, 0.25) is 5.91 Å². The van der Waals surface area contributed by atoms with Crippen LogP contribution in [0.25, 0.3) is 6.08 Å². The number of non-ortho nitro benzene ring substituents is 1. The maximum atomic E-state index is 12.2. The number of H-pyrrole nitrogens is 1. The van der Waals surface area contributed by atoms with Crippen LogP contribution in [0.3, 0.4) is 0 Å². The van der Waals surface area contributed by atoms with Crippen LogP contribution >= 0.6 is 0 Å². The van der Waals surface area contributed by atoms with Crippen LogP contribution in [0.2, 0.25) is 0 Å². The first-order chi connectivity index (χ1) is 10.6. The molecule has 2 heterocycles. The smallest absolute Gasteiger partial charge is 0.270 e. The molecule has 1 aromatic carbocycles. The molecule has 0 radical (unpaired) electrons. The van der Waals surface area contributed by atoms with Crippen molar-refractivity contribution in [3.63, 3.8) is 0 Å². The van der Waals surface area contributed by atoms with Crippen molar-refractivity contribution >= 4 is 17.7 Å². The Labute approximate surface area is 126 Å². The Balaban J connectivity index is 1.69. The van der Waals surface area contributed by atoms with Gasteiger partial charge in [0, 0.05) is 49.0 Å². The number of carbonyl (C=O) groups excluding carboxylic acids is 1. The predicted octanol–water partition coefficient (Wildman–Crippen LogP) is 1.92. The van der Waals surface area contributed by atoms with Crippen molar-refractivity contribution in [2.45, 2.75) is 13.0 Å². The standard InChI is InChI=1S/C15H14N4O3/c20-15(18-7-6-14-12(10-18)9-16-17-14)5-4-11-2-1-3-13(8-11)19(21)22/h1-5,8-9H,6-7,10H2,(H,16,17). The highest BCUT2D eigenvalue weighted by Gasteiger charge is 2.20. The van der Waals surface area contributed by atoms with Crippen LogP contribution in [0.1, 0.15) is 16.8 Å². The van der Waals surface area contributed by atoms with Crippen LogP contribution in [0.4, 0.5) is 5.69 Å². The molecule has 0 saturated carbocycles. The van der Waals surface area contributed by atoms with E-state index in [1.807, 2.05) is 0 Å². The molecule has 112 valence electrons. The van der Waals surface area contributed by atoms with Gasteiger partial charge in [-0.3, -0.25) is 20.0 Å². The average Bonchev–Trinajstić information content (AvgIpc) is 3.00. The quantitative estimate of drug-likeness (QED) is 0.532. The molecule has 7 heteroatoms. The molecule has 22 heavy (non-hydrogen) atoms. The second kappa shape index (κ2) is 5.80. The number of nitrogens with one attached hydrogen (secondary N) is 1. The number of carbonyl (C=O) groups is 1. The van der Waals surface area contributed by atoms with E-state index in [1.54, 1.807) is 29.3 Å². The molecule has 2 aromatic rings. The molecule has 0 fully saturated rings. The third-order valence-electron chi connectivity index (χ3n) is 3.61. The number of aromatic amines is 1. The van der Waals surface area contributed by atoms with E-state index in [0.717, 1.165) is 17.7 Å². The molecule has 1 N–H and O–H groups in total. The van der Waals surface area contributed by atoms with E-state index < -0.39 is 4.92 Å². The lowest BCUT2D eigenvalue weighted by molar-refractivity contribution is -0.384. The number of fused-ring (bicyclic) bond motifs is 1. The normalized spacial score (nSPS) is 14.1. The molecule has 7 nitrogen and oxygen atoms in total. The summed E-state index contributed by atoms with van der Waals surface area (Å²) in [7, 11) is 0. The molecule has 0 atom stereocenters. The van der Waals surface area contributed by atoms with Gasteiger partial charge >= 0.3 is 0 Å². The molecule has 0 aliphatic carbocycles. The zero-order valence-corrected chi connectivity index (χ0v) is 11.7. The van der Waals surface area contributed by atoms with E-state index in [1.165, 1.54) is 18.2 Å². The largest absolute Gasteiger partial charge is 0.334 e. The Morgan fingerprint density at radius 2 is 2.32 bits per heavy atom. The van der Waals surface area contributed by atoms with Gasteiger partial charge < -0.3 is 4.90 Å². The molecule has 0 bridgehead atoms. The lowest BCUT2D eigenvalue weighted by Gasteiger charge is -2.25. The van der Waals surface area contributed by atoms with Gasteiger partial charge in [-0.25, -0.2) is 0 Å². The summed E-state index contributed by atoms with van der Waals surface area (Å²) in [6.45, 7) is 1.16. The molecule has 1 aromatic heterocycles. The minimum atomic E-state index is -0.454. The third-order valence-corrected chi connectivity index (χ3v) is 3.61. The second-order valence-corrected chi connectivity index (χ2v) is 5.07. The van der Waals surface area contributed by atoms with Crippen LogP contribution < -0.4 is 0 Å². The van der Waals surface area contributed by atoms with Gasteiger partial charge in [-0.1, -0.05) is 12.1 Å². The lowest BCUT2D eigenvalue weighted by Crippen LogP contribution is -2.34. The fraction of sp³-hybridized carbons (Fsp3) is 0.200. The summed E-state index contributed by atoms with van der Waals surface area (Å²) in [5.41, 5.74) is 2.74. The maximum Gasteiger partial charge on any atom is 0.270 e. The van der Waals surface area contributed by atoms with Gasteiger partial charge in [0.05, 0.1) is 11.1 Å². The predicted molar refractivity (Wildman–Crippen MR) is 79.8 cm³/mol. The first kappa shape index (κ1) is 14.0. The number of nitro benzene ring substituents is 1. The molecule has 1 aliphatic rings. The Bertz CT molecular complexity index is 751. The van der Waals surface area contributed by atoms with Crippen LogP contribution in [0.5, 0.6) is 0 Å². The first-order valence-electron chi connectivity index (χ1n) is 6.86. The summed E-state index contributed by atoms with van der Waals surface area (Å²) in [5, 5.41) is 17.6. The van der Waals surface area contributed by atoms with Crippen molar-refractivity contribution in [2.75, 3.05) is 6.54 Å². The second-order valence-electron chi connectivity index (χ2n) is 5.07. The zero-order valence-electron chi connectivity index (χ0n) is 11.7.